The van der Waals surface area contributed by atoms with E-state index in [4.69, 9.17) is 4.42 Å². The Hall–Kier alpha value is -3.20. The second-order valence-electron chi connectivity index (χ2n) is 4.84. The van der Waals surface area contributed by atoms with Gasteiger partial charge in [-0.1, -0.05) is 29.4 Å². The van der Waals surface area contributed by atoms with Crippen molar-refractivity contribution in [2.45, 2.75) is 4.90 Å². The molecular formula is C16H12N4O4S. The number of anilines is 1. The summed E-state index contributed by atoms with van der Waals surface area (Å²) in [5.74, 6) is -0.441. The summed E-state index contributed by atoms with van der Waals surface area (Å²) >= 11 is 1.53. The summed E-state index contributed by atoms with van der Waals surface area (Å²) in [6.45, 7) is 0. The molecule has 1 N–H and O–H groups in total. The van der Waals surface area contributed by atoms with E-state index in [0.29, 0.717) is 0 Å². The molecule has 0 aliphatic carbocycles. The average molecular weight is 356 g/mol. The van der Waals surface area contributed by atoms with Crippen LogP contribution in [-0.4, -0.2) is 27.3 Å². The number of hydrogen-bond acceptors (Lipinski definition) is 7. The van der Waals surface area contributed by atoms with E-state index in [-0.39, 0.29) is 23.2 Å². The number of nitrogens with one attached hydrogen (secondary N) is 1. The van der Waals surface area contributed by atoms with Crippen molar-refractivity contribution >= 4 is 29.4 Å². The number of rotatable bonds is 5. The van der Waals surface area contributed by atoms with E-state index in [1.165, 1.54) is 36.0 Å². The van der Waals surface area contributed by atoms with Gasteiger partial charge in [-0.25, -0.2) is 0 Å². The molecule has 8 nitrogen and oxygen atoms in total. The van der Waals surface area contributed by atoms with Crippen LogP contribution in [-0.2, 0) is 0 Å². The standard InChI is InChI=1S/C16H12N4O4S/c1-25-13-9-5-3-7-11(13)15-18-19-16(24-15)17-14(21)10-6-2-4-8-12(10)20(22)23/h2-9H,1H3,(H,17,19,21). The van der Waals surface area contributed by atoms with Crippen molar-refractivity contribution in [3.63, 3.8) is 0 Å². The smallest absolute Gasteiger partial charge is 0.322 e. The van der Waals surface area contributed by atoms with Crippen LogP contribution in [0.1, 0.15) is 10.4 Å². The first-order chi connectivity index (χ1) is 12.1. The molecule has 0 saturated heterocycles. The van der Waals surface area contributed by atoms with Gasteiger partial charge in [-0.05, 0) is 24.5 Å². The zero-order valence-corrected chi connectivity index (χ0v) is 13.8. The molecule has 0 aliphatic heterocycles. The number of para-hydroxylation sites is 1. The number of hydrogen-bond donors (Lipinski definition) is 1. The quantitative estimate of drug-likeness (QED) is 0.422. The number of thioether (sulfide) groups is 1. The van der Waals surface area contributed by atoms with Crippen molar-refractivity contribution in [3.05, 3.63) is 64.2 Å². The monoisotopic (exact) mass is 356 g/mol. The van der Waals surface area contributed by atoms with Crippen LogP contribution in [0.25, 0.3) is 11.5 Å². The van der Waals surface area contributed by atoms with Crippen molar-refractivity contribution in [3.8, 4) is 11.5 Å². The van der Waals surface area contributed by atoms with Gasteiger partial charge >= 0.3 is 6.01 Å². The summed E-state index contributed by atoms with van der Waals surface area (Å²) in [5.41, 5.74) is 0.359. The number of benzene rings is 2. The fourth-order valence-corrected chi connectivity index (χ4v) is 2.78. The van der Waals surface area contributed by atoms with E-state index >= 15 is 0 Å². The Morgan fingerprint density at radius 1 is 1.16 bits per heavy atom. The van der Waals surface area contributed by atoms with Crippen molar-refractivity contribution in [1.29, 1.82) is 0 Å². The fraction of sp³-hybridized carbons (Fsp3) is 0.0625. The number of amides is 1. The lowest BCUT2D eigenvalue weighted by atomic mass is 10.1. The van der Waals surface area contributed by atoms with Crippen molar-refractivity contribution < 1.29 is 14.1 Å². The van der Waals surface area contributed by atoms with Gasteiger partial charge in [0.15, 0.2) is 0 Å². The molecule has 0 saturated carbocycles. The molecule has 0 atom stereocenters. The summed E-state index contributed by atoms with van der Waals surface area (Å²) in [6, 6.07) is 13.0. The van der Waals surface area contributed by atoms with Crippen molar-refractivity contribution in [1.82, 2.24) is 10.2 Å². The zero-order chi connectivity index (χ0) is 17.8. The van der Waals surface area contributed by atoms with Gasteiger partial charge in [0.05, 0.1) is 10.5 Å². The van der Waals surface area contributed by atoms with Crippen LogP contribution in [0.4, 0.5) is 11.7 Å². The first kappa shape index (κ1) is 16.7. The van der Waals surface area contributed by atoms with Gasteiger partial charge in [-0.2, -0.15) is 0 Å². The SMILES string of the molecule is CSc1ccccc1-c1nnc(NC(=O)c2ccccc2[N+](=O)[O-])o1. The van der Waals surface area contributed by atoms with Crippen LogP contribution in [0.5, 0.6) is 0 Å². The molecule has 1 aromatic heterocycles. The molecule has 3 rings (SSSR count). The molecule has 0 fully saturated rings. The normalized spacial score (nSPS) is 10.4. The topological polar surface area (TPSA) is 111 Å². The van der Waals surface area contributed by atoms with E-state index in [2.05, 4.69) is 15.5 Å². The maximum Gasteiger partial charge on any atom is 0.322 e. The number of nitro groups is 1. The Bertz CT molecular complexity index is 941. The number of nitro benzene ring substituents is 1. The molecule has 0 radical (unpaired) electrons. The lowest BCUT2D eigenvalue weighted by Gasteiger charge is -2.02. The molecule has 9 heteroatoms. The van der Waals surface area contributed by atoms with Crippen LogP contribution >= 0.6 is 11.8 Å². The summed E-state index contributed by atoms with van der Waals surface area (Å²) in [4.78, 5) is 23.6. The fourth-order valence-electron chi connectivity index (χ4n) is 2.19. The molecule has 1 heterocycles. The first-order valence-electron chi connectivity index (χ1n) is 7.12. The molecule has 0 unspecified atom stereocenters. The Kier molecular flexibility index (Phi) is 4.75. The highest BCUT2D eigenvalue weighted by Gasteiger charge is 2.21. The third kappa shape index (κ3) is 3.50. The third-order valence-electron chi connectivity index (χ3n) is 3.33. The number of carbonyl (C=O) groups is 1. The van der Waals surface area contributed by atoms with Gasteiger partial charge in [0.25, 0.3) is 17.5 Å². The minimum Gasteiger partial charge on any atom is -0.403 e. The highest BCUT2D eigenvalue weighted by Crippen LogP contribution is 2.30. The van der Waals surface area contributed by atoms with Crippen LogP contribution in [0.2, 0.25) is 0 Å². The maximum absolute atomic E-state index is 12.3. The third-order valence-corrected chi connectivity index (χ3v) is 4.12. The molecule has 25 heavy (non-hydrogen) atoms. The second kappa shape index (κ2) is 7.14. The average Bonchev–Trinajstić information content (AvgIpc) is 3.09. The Morgan fingerprint density at radius 3 is 2.64 bits per heavy atom. The van der Waals surface area contributed by atoms with E-state index in [9.17, 15) is 14.9 Å². The van der Waals surface area contributed by atoms with Gasteiger partial charge in [-0.15, -0.1) is 16.9 Å². The Balaban J connectivity index is 1.85. The van der Waals surface area contributed by atoms with E-state index < -0.39 is 10.8 Å². The number of carbonyl (C=O) groups excluding carboxylic acids is 1. The highest BCUT2D eigenvalue weighted by atomic mass is 32.2. The van der Waals surface area contributed by atoms with Crippen LogP contribution in [0.15, 0.2) is 57.8 Å². The largest absolute Gasteiger partial charge is 0.403 e. The second-order valence-corrected chi connectivity index (χ2v) is 5.69. The van der Waals surface area contributed by atoms with Gasteiger partial charge in [0.2, 0.25) is 0 Å². The summed E-state index contributed by atoms with van der Waals surface area (Å²) in [5, 5.41) is 21.1. The Morgan fingerprint density at radius 2 is 1.88 bits per heavy atom. The first-order valence-corrected chi connectivity index (χ1v) is 8.34. The molecule has 0 bridgehead atoms. The molecule has 0 aliphatic rings. The summed E-state index contributed by atoms with van der Waals surface area (Å²) < 4.78 is 5.47. The maximum atomic E-state index is 12.3. The molecular weight excluding hydrogens is 344 g/mol. The predicted molar refractivity (Wildman–Crippen MR) is 92.6 cm³/mol. The summed E-state index contributed by atoms with van der Waals surface area (Å²) in [7, 11) is 0. The highest BCUT2D eigenvalue weighted by molar-refractivity contribution is 7.98. The number of nitrogens with zero attached hydrogens (tertiary/aromatic N) is 3. The van der Waals surface area contributed by atoms with E-state index in [0.717, 1.165) is 10.5 Å². The minimum absolute atomic E-state index is 0.0863. The van der Waals surface area contributed by atoms with E-state index in [1.807, 2.05) is 30.5 Å². The van der Waals surface area contributed by atoms with Gasteiger partial charge in [0, 0.05) is 11.0 Å². The molecule has 126 valence electrons. The van der Waals surface area contributed by atoms with E-state index in [1.54, 1.807) is 0 Å². The van der Waals surface area contributed by atoms with Gasteiger partial charge in [-0.3, -0.25) is 20.2 Å². The van der Waals surface area contributed by atoms with Crippen molar-refractivity contribution in [2.24, 2.45) is 0 Å². The van der Waals surface area contributed by atoms with Gasteiger partial charge in [0.1, 0.15) is 5.56 Å². The van der Waals surface area contributed by atoms with Crippen molar-refractivity contribution in [2.75, 3.05) is 11.6 Å². The van der Waals surface area contributed by atoms with Crippen LogP contribution in [0, 0.1) is 10.1 Å². The predicted octanol–water partition coefficient (Wildman–Crippen LogP) is 3.62. The zero-order valence-electron chi connectivity index (χ0n) is 13.0. The Labute approximate surface area is 146 Å². The van der Waals surface area contributed by atoms with Gasteiger partial charge < -0.3 is 4.42 Å². The molecule has 1 amide bonds. The van der Waals surface area contributed by atoms with Crippen LogP contribution < -0.4 is 5.32 Å². The summed E-state index contributed by atoms with van der Waals surface area (Å²) in [6.07, 6.45) is 1.92. The number of aromatic nitrogens is 2. The molecule has 2 aromatic carbocycles. The molecule has 0 spiro atoms. The lowest BCUT2D eigenvalue weighted by molar-refractivity contribution is -0.385. The minimum atomic E-state index is -0.694. The van der Waals surface area contributed by atoms with Crippen LogP contribution in [0.3, 0.4) is 0 Å². The lowest BCUT2D eigenvalue weighted by Crippen LogP contribution is -2.14. The molecule has 3 aromatic rings.